The summed E-state index contributed by atoms with van der Waals surface area (Å²) >= 11 is 7.88. The molecule has 0 aromatic heterocycles. The number of hydrogen-bond acceptors (Lipinski definition) is 4. The van der Waals surface area contributed by atoms with Gasteiger partial charge < -0.3 is 10.1 Å². The fourth-order valence-corrected chi connectivity index (χ4v) is 3.12. The quantitative estimate of drug-likeness (QED) is 0.890. The van der Waals surface area contributed by atoms with Crippen LogP contribution in [0.2, 0.25) is 5.02 Å². The van der Waals surface area contributed by atoms with E-state index in [2.05, 4.69) is 24.2 Å². The Hall–Kier alpha value is -0.870. The number of ether oxygens (including phenoxy) is 1. The van der Waals surface area contributed by atoms with Gasteiger partial charge in [0.05, 0.1) is 23.4 Å². The Labute approximate surface area is 117 Å². The minimum absolute atomic E-state index is 0.00107. The second kappa shape index (κ2) is 5.41. The fourth-order valence-electron chi connectivity index (χ4n) is 1.67. The first-order valence-electron chi connectivity index (χ1n) is 5.83. The van der Waals surface area contributed by atoms with E-state index in [1.807, 2.05) is 18.2 Å². The van der Waals surface area contributed by atoms with Crippen LogP contribution in [0.4, 0.5) is 5.69 Å². The Balaban J connectivity index is 2.21. The minimum atomic E-state index is -0.00107. The number of aliphatic imine (C=N–C) groups is 1. The van der Waals surface area contributed by atoms with E-state index in [1.165, 1.54) is 0 Å². The number of amidine groups is 1. The molecule has 1 N–H and O–H groups in total. The van der Waals surface area contributed by atoms with Gasteiger partial charge in [-0.2, -0.15) is 0 Å². The maximum absolute atomic E-state index is 6.16. The Bertz CT molecular complexity index is 474. The molecule has 0 aliphatic carbocycles. The summed E-state index contributed by atoms with van der Waals surface area (Å²) < 4.78 is 5.19. The van der Waals surface area contributed by atoms with Crippen LogP contribution in [0.3, 0.4) is 0 Å². The number of hydrogen-bond donors (Lipinski definition) is 1. The lowest BCUT2D eigenvalue weighted by Crippen LogP contribution is -2.27. The number of methoxy groups -OCH3 is 1. The molecule has 0 saturated carbocycles. The van der Waals surface area contributed by atoms with E-state index in [0.29, 0.717) is 5.02 Å². The summed E-state index contributed by atoms with van der Waals surface area (Å²) in [5, 5.41) is 4.87. The molecule has 5 heteroatoms. The molecule has 0 saturated heterocycles. The number of nitrogens with one attached hydrogen (secondary N) is 1. The third-order valence-corrected chi connectivity index (χ3v) is 3.98. The van der Waals surface area contributed by atoms with Gasteiger partial charge in [0.2, 0.25) is 0 Å². The van der Waals surface area contributed by atoms with Gasteiger partial charge in [-0.3, -0.25) is 4.99 Å². The Morgan fingerprint density at radius 3 is 2.89 bits per heavy atom. The van der Waals surface area contributed by atoms with Gasteiger partial charge in [-0.05, 0) is 32.4 Å². The van der Waals surface area contributed by atoms with Crippen LogP contribution in [-0.4, -0.2) is 23.6 Å². The lowest BCUT2D eigenvalue weighted by Gasteiger charge is -2.26. The molecule has 0 unspecified atom stereocenters. The average molecular weight is 285 g/mol. The Morgan fingerprint density at radius 2 is 2.22 bits per heavy atom. The number of thioether (sulfide) groups is 1. The maximum Gasteiger partial charge on any atom is 0.161 e. The summed E-state index contributed by atoms with van der Waals surface area (Å²) in [5.41, 5.74) is 0.832. The van der Waals surface area contributed by atoms with Gasteiger partial charge in [-0.25, -0.2) is 0 Å². The van der Waals surface area contributed by atoms with Gasteiger partial charge in [-0.1, -0.05) is 23.4 Å². The van der Waals surface area contributed by atoms with Gasteiger partial charge in [0.25, 0.3) is 0 Å². The molecule has 18 heavy (non-hydrogen) atoms. The molecule has 0 atom stereocenters. The zero-order valence-corrected chi connectivity index (χ0v) is 12.4. The highest BCUT2D eigenvalue weighted by Crippen LogP contribution is 2.31. The van der Waals surface area contributed by atoms with Crippen molar-refractivity contribution in [2.45, 2.75) is 25.8 Å². The first-order chi connectivity index (χ1) is 8.50. The van der Waals surface area contributed by atoms with Crippen molar-refractivity contribution >= 4 is 34.2 Å². The molecule has 1 aliphatic rings. The van der Waals surface area contributed by atoms with Crippen molar-refractivity contribution < 1.29 is 4.74 Å². The molecule has 98 valence electrons. The molecule has 1 aromatic carbocycles. The molecule has 0 bridgehead atoms. The molecule has 1 aliphatic heterocycles. The molecule has 1 aromatic rings. The zero-order valence-electron chi connectivity index (χ0n) is 10.8. The van der Waals surface area contributed by atoms with Crippen molar-refractivity contribution in [2.75, 3.05) is 18.2 Å². The van der Waals surface area contributed by atoms with Gasteiger partial charge in [0.1, 0.15) is 5.75 Å². The summed E-state index contributed by atoms with van der Waals surface area (Å²) in [6.07, 6.45) is 1.09. The number of anilines is 1. The highest BCUT2D eigenvalue weighted by atomic mass is 35.5. The van der Waals surface area contributed by atoms with Crippen molar-refractivity contribution in [1.82, 2.24) is 0 Å². The predicted molar refractivity (Wildman–Crippen MR) is 80.2 cm³/mol. The van der Waals surface area contributed by atoms with Gasteiger partial charge >= 0.3 is 0 Å². The van der Waals surface area contributed by atoms with Crippen LogP contribution in [0.5, 0.6) is 5.75 Å². The normalized spacial score (nSPS) is 18.1. The fraction of sp³-hybridized carbons (Fsp3) is 0.462. The smallest absolute Gasteiger partial charge is 0.161 e. The number of nitrogens with zero attached hydrogens (tertiary/aromatic N) is 1. The molecule has 0 radical (unpaired) electrons. The summed E-state index contributed by atoms with van der Waals surface area (Å²) in [5.74, 6) is 1.85. The predicted octanol–water partition coefficient (Wildman–Crippen LogP) is 4.03. The van der Waals surface area contributed by atoms with E-state index in [1.54, 1.807) is 18.9 Å². The highest BCUT2D eigenvalue weighted by Gasteiger charge is 2.22. The molecule has 1 heterocycles. The van der Waals surface area contributed by atoms with E-state index >= 15 is 0 Å². The lowest BCUT2D eigenvalue weighted by atomic mass is 10.0. The number of halogens is 1. The number of rotatable bonds is 2. The SMILES string of the molecule is COc1ccc(Cl)c(NC2=NC(C)(C)CCS2)c1. The van der Waals surface area contributed by atoms with Crippen molar-refractivity contribution in [3.63, 3.8) is 0 Å². The molecule has 0 spiro atoms. The van der Waals surface area contributed by atoms with Gasteiger partial charge in [0, 0.05) is 11.8 Å². The Kier molecular flexibility index (Phi) is 4.07. The minimum Gasteiger partial charge on any atom is -0.497 e. The standard InChI is InChI=1S/C13H17ClN2OS/c1-13(2)6-7-18-12(16-13)15-11-8-9(17-3)4-5-10(11)14/h4-5,8H,6-7H2,1-3H3,(H,15,16). The van der Waals surface area contributed by atoms with E-state index in [9.17, 15) is 0 Å². The van der Waals surface area contributed by atoms with E-state index in [4.69, 9.17) is 16.3 Å². The van der Waals surface area contributed by atoms with Gasteiger partial charge in [-0.15, -0.1) is 0 Å². The molecule has 3 nitrogen and oxygen atoms in total. The van der Waals surface area contributed by atoms with E-state index < -0.39 is 0 Å². The van der Waals surface area contributed by atoms with Crippen LogP contribution >= 0.6 is 23.4 Å². The number of benzene rings is 1. The molecular formula is C13H17ClN2OS. The van der Waals surface area contributed by atoms with Crippen molar-refractivity contribution in [3.05, 3.63) is 23.2 Å². The monoisotopic (exact) mass is 284 g/mol. The van der Waals surface area contributed by atoms with Crippen LogP contribution in [0.15, 0.2) is 23.2 Å². The maximum atomic E-state index is 6.16. The first kappa shape index (κ1) is 13.6. The zero-order chi connectivity index (χ0) is 13.2. The van der Waals surface area contributed by atoms with Crippen LogP contribution in [0.1, 0.15) is 20.3 Å². The largest absolute Gasteiger partial charge is 0.497 e. The summed E-state index contributed by atoms with van der Waals surface area (Å²) in [6, 6.07) is 5.54. The van der Waals surface area contributed by atoms with E-state index in [-0.39, 0.29) is 5.54 Å². The van der Waals surface area contributed by atoms with Crippen molar-refractivity contribution in [2.24, 2.45) is 4.99 Å². The summed E-state index contributed by atoms with van der Waals surface area (Å²) in [4.78, 5) is 4.68. The van der Waals surface area contributed by atoms with E-state index in [0.717, 1.165) is 28.8 Å². The van der Waals surface area contributed by atoms with Crippen molar-refractivity contribution in [3.8, 4) is 5.75 Å². The highest BCUT2D eigenvalue weighted by molar-refractivity contribution is 8.14. The second-order valence-corrected chi connectivity index (χ2v) is 6.29. The molecule has 2 rings (SSSR count). The average Bonchev–Trinajstić information content (AvgIpc) is 2.31. The van der Waals surface area contributed by atoms with Crippen LogP contribution < -0.4 is 10.1 Å². The molecule has 0 amide bonds. The first-order valence-corrected chi connectivity index (χ1v) is 7.20. The second-order valence-electron chi connectivity index (χ2n) is 4.80. The van der Waals surface area contributed by atoms with Crippen molar-refractivity contribution in [1.29, 1.82) is 0 Å². The van der Waals surface area contributed by atoms with Crippen LogP contribution in [0, 0.1) is 0 Å². The third-order valence-electron chi connectivity index (χ3n) is 2.77. The lowest BCUT2D eigenvalue weighted by molar-refractivity contribution is 0.415. The molecule has 0 fully saturated rings. The topological polar surface area (TPSA) is 33.6 Å². The Morgan fingerprint density at radius 1 is 1.44 bits per heavy atom. The van der Waals surface area contributed by atoms with Gasteiger partial charge in [0.15, 0.2) is 5.17 Å². The van der Waals surface area contributed by atoms with Crippen LogP contribution in [-0.2, 0) is 0 Å². The third kappa shape index (κ3) is 3.33. The summed E-state index contributed by atoms with van der Waals surface area (Å²) in [6.45, 7) is 4.28. The van der Waals surface area contributed by atoms with Crippen LogP contribution in [0.25, 0.3) is 0 Å². The summed E-state index contributed by atoms with van der Waals surface area (Å²) in [7, 11) is 1.64. The molecular weight excluding hydrogens is 268 g/mol.